The maximum Gasteiger partial charge on any atom is 0.278 e. The second-order valence-electron chi connectivity index (χ2n) is 7.98. The van der Waals surface area contributed by atoms with Gasteiger partial charge in [-0.3, -0.25) is 19.4 Å². The van der Waals surface area contributed by atoms with Crippen molar-refractivity contribution in [3.05, 3.63) is 59.8 Å². The van der Waals surface area contributed by atoms with Crippen LogP contribution in [0.1, 0.15) is 19.4 Å². The van der Waals surface area contributed by atoms with Gasteiger partial charge < -0.3 is 19.5 Å². The van der Waals surface area contributed by atoms with Crippen LogP contribution in [0.15, 0.2) is 54.2 Å². The molecule has 8 nitrogen and oxygen atoms in total. The van der Waals surface area contributed by atoms with Crippen molar-refractivity contribution in [2.75, 3.05) is 57.9 Å². The van der Waals surface area contributed by atoms with Crippen LogP contribution in [0.4, 0.5) is 5.69 Å². The van der Waals surface area contributed by atoms with Crippen molar-refractivity contribution in [1.29, 1.82) is 0 Å². The van der Waals surface area contributed by atoms with Crippen LogP contribution in [0.5, 0.6) is 11.5 Å². The Balaban J connectivity index is 1.61. The predicted octanol–water partition coefficient (Wildman–Crippen LogP) is 3.01. The van der Waals surface area contributed by atoms with Gasteiger partial charge in [0, 0.05) is 37.9 Å². The van der Waals surface area contributed by atoms with E-state index in [9.17, 15) is 9.59 Å². The lowest BCUT2D eigenvalue weighted by Crippen LogP contribution is -2.43. The highest BCUT2D eigenvalue weighted by Gasteiger charge is 2.39. The smallest absolute Gasteiger partial charge is 0.278 e. The first-order chi connectivity index (χ1) is 16.6. The average molecular weight is 466 g/mol. The number of carbonyl (C=O) groups is 2. The van der Waals surface area contributed by atoms with Gasteiger partial charge in [0.05, 0.1) is 32.0 Å². The molecule has 2 aliphatic rings. The van der Waals surface area contributed by atoms with E-state index < -0.39 is 0 Å². The third kappa shape index (κ3) is 5.24. The van der Waals surface area contributed by atoms with E-state index in [2.05, 4.69) is 10.2 Å². The number of anilines is 1. The van der Waals surface area contributed by atoms with Crippen molar-refractivity contribution in [2.45, 2.75) is 13.8 Å². The quantitative estimate of drug-likeness (QED) is 0.541. The molecule has 0 radical (unpaired) electrons. The molecule has 2 aromatic carbocycles. The normalized spacial score (nSPS) is 16.8. The maximum atomic E-state index is 13.4. The number of carbonyl (C=O) groups excluding carboxylic acids is 2. The second-order valence-corrected chi connectivity index (χ2v) is 7.98. The lowest BCUT2D eigenvalue weighted by atomic mass is 10.0. The Morgan fingerprint density at radius 2 is 1.59 bits per heavy atom. The summed E-state index contributed by atoms with van der Waals surface area (Å²) >= 11 is 0. The summed E-state index contributed by atoms with van der Waals surface area (Å²) in [7, 11) is 0. The van der Waals surface area contributed by atoms with E-state index in [4.69, 9.17) is 14.2 Å². The third-order valence-corrected chi connectivity index (χ3v) is 5.79. The minimum Gasteiger partial charge on any atom is -0.490 e. The van der Waals surface area contributed by atoms with Gasteiger partial charge in [-0.1, -0.05) is 30.3 Å². The van der Waals surface area contributed by atoms with Crippen LogP contribution in [-0.4, -0.2) is 74.2 Å². The molecule has 2 aromatic rings. The van der Waals surface area contributed by atoms with Crippen LogP contribution >= 0.6 is 0 Å². The molecule has 0 bridgehead atoms. The summed E-state index contributed by atoms with van der Waals surface area (Å²) in [5, 5.41) is 3.20. The summed E-state index contributed by atoms with van der Waals surface area (Å²) in [4.78, 5) is 30.4. The second kappa shape index (κ2) is 11.2. The lowest BCUT2D eigenvalue weighted by Gasteiger charge is -2.28. The Morgan fingerprint density at radius 1 is 0.882 bits per heavy atom. The minimum absolute atomic E-state index is 0.268. The molecule has 0 unspecified atom stereocenters. The summed E-state index contributed by atoms with van der Waals surface area (Å²) in [5.41, 5.74) is 1.99. The van der Waals surface area contributed by atoms with Gasteiger partial charge in [-0.05, 0) is 31.5 Å². The molecular formula is C26H31N3O5. The summed E-state index contributed by atoms with van der Waals surface area (Å²) in [6.07, 6.45) is 0. The Bertz CT molecular complexity index is 1050. The molecule has 0 saturated carbocycles. The number of morpholine rings is 1. The average Bonchev–Trinajstić information content (AvgIpc) is 3.09. The number of hydrogen-bond acceptors (Lipinski definition) is 7. The maximum absolute atomic E-state index is 13.4. The van der Waals surface area contributed by atoms with Gasteiger partial charge in [0.1, 0.15) is 5.70 Å². The van der Waals surface area contributed by atoms with E-state index >= 15 is 0 Å². The first-order valence-electron chi connectivity index (χ1n) is 11.7. The molecule has 2 aliphatic heterocycles. The SMILES string of the molecule is CCOc1ccc(NC2=C(c3ccccc3)C(=O)N(CCN3CCOCC3)C2=O)cc1OCC. The Labute approximate surface area is 200 Å². The third-order valence-electron chi connectivity index (χ3n) is 5.79. The monoisotopic (exact) mass is 465 g/mol. The fourth-order valence-electron chi connectivity index (χ4n) is 4.11. The summed E-state index contributed by atoms with van der Waals surface area (Å²) in [6, 6.07) is 14.7. The van der Waals surface area contributed by atoms with Crippen LogP contribution in [0.2, 0.25) is 0 Å². The molecule has 1 N–H and O–H groups in total. The molecule has 180 valence electrons. The standard InChI is InChI=1S/C26H31N3O5/c1-3-33-21-11-10-20(18-22(21)34-4-2)27-24-23(19-8-6-5-7-9-19)25(30)29(26(24)31)13-12-28-14-16-32-17-15-28/h5-11,18,27H,3-4,12-17H2,1-2H3. The van der Waals surface area contributed by atoms with Gasteiger partial charge in [0.15, 0.2) is 11.5 Å². The number of ether oxygens (including phenoxy) is 3. The topological polar surface area (TPSA) is 80.3 Å². The molecule has 1 saturated heterocycles. The van der Waals surface area contributed by atoms with Crippen molar-refractivity contribution in [1.82, 2.24) is 9.80 Å². The van der Waals surface area contributed by atoms with Crippen molar-refractivity contribution in [3.8, 4) is 11.5 Å². The summed E-state index contributed by atoms with van der Waals surface area (Å²) < 4.78 is 16.8. The lowest BCUT2D eigenvalue weighted by molar-refractivity contribution is -0.137. The van der Waals surface area contributed by atoms with E-state index in [1.807, 2.05) is 50.2 Å². The van der Waals surface area contributed by atoms with Gasteiger partial charge in [0.25, 0.3) is 11.8 Å². The molecule has 2 heterocycles. The highest BCUT2D eigenvalue weighted by atomic mass is 16.5. The zero-order valence-electron chi connectivity index (χ0n) is 19.7. The van der Waals surface area contributed by atoms with Crippen molar-refractivity contribution in [3.63, 3.8) is 0 Å². The largest absolute Gasteiger partial charge is 0.490 e. The number of imide groups is 1. The number of nitrogens with zero attached hydrogens (tertiary/aromatic N) is 2. The summed E-state index contributed by atoms with van der Waals surface area (Å²) in [5.74, 6) is 0.595. The first-order valence-corrected chi connectivity index (χ1v) is 11.7. The fourth-order valence-corrected chi connectivity index (χ4v) is 4.11. The Kier molecular flexibility index (Phi) is 7.82. The number of amides is 2. The Morgan fingerprint density at radius 3 is 2.29 bits per heavy atom. The van der Waals surface area contributed by atoms with E-state index in [1.54, 1.807) is 12.1 Å². The first kappa shape index (κ1) is 23.8. The molecule has 1 fully saturated rings. The van der Waals surface area contributed by atoms with Gasteiger partial charge in [-0.15, -0.1) is 0 Å². The van der Waals surface area contributed by atoms with Gasteiger partial charge in [-0.2, -0.15) is 0 Å². The number of hydrogen-bond donors (Lipinski definition) is 1. The van der Waals surface area contributed by atoms with Crippen LogP contribution < -0.4 is 14.8 Å². The zero-order valence-corrected chi connectivity index (χ0v) is 19.7. The summed E-state index contributed by atoms with van der Waals surface area (Å²) in [6.45, 7) is 8.68. The predicted molar refractivity (Wildman–Crippen MR) is 130 cm³/mol. The van der Waals surface area contributed by atoms with Crippen LogP contribution in [-0.2, 0) is 14.3 Å². The van der Waals surface area contributed by atoms with Crippen LogP contribution in [0.25, 0.3) is 5.57 Å². The molecule has 0 aromatic heterocycles. The molecule has 0 atom stereocenters. The van der Waals surface area contributed by atoms with E-state index in [0.717, 1.165) is 13.1 Å². The van der Waals surface area contributed by atoms with Crippen molar-refractivity contribution in [2.24, 2.45) is 0 Å². The van der Waals surface area contributed by atoms with Crippen molar-refractivity contribution >= 4 is 23.1 Å². The van der Waals surface area contributed by atoms with Crippen LogP contribution in [0.3, 0.4) is 0 Å². The Hall–Kier alpha value is -3.36. The molecule has 4 rings (SSSR count). The number of nitrogens with one attached hydrogen (secondary N) is 1. The van der Waals surface area contributed by atoms with E-state index in [0.29, 0.717) is 67.8 Å². The van der Waals surface area contributed by atoms with Gasteiger partial charge in [0.2, 0.25) is 0 Å². The van der Waals surface area contributed by atoms with Crippen LogP contribution in [0, 0.1) is 0 Å². The number of benzene rings is 2. The molecular weight excluding hydrogens is 434 g/mol. The fraction of sp³-hybridized carbons (Fsp3) is 0.385. The van der Waals surface area contributed by atoms with E-state index in [1.165, 1.54) is 4.90 Å². The molecule has 8 heteroatoms. The highest BCUT2D eigenvalue weighted by molar-refractivity contribution is 6.36. The minimum atomic E-state index is -0.330. The highest BCUT2D eigenvalue weighted by Crippen LogP contribution is 2.34. The van der Waals surface area contributed by atoms with E-state index in [-0.39, 0.29) is 17.5 Å². The van der Waals surface area contributed by atoms with Gasteiger partial charge in [-0.25, -0.2) is 0 Å². The van der Waals surface area contributed by atoms with Crippen molar-refractivity contribution < 1.29 is 23.8 Å². The molecule has 0 spiro atoms. The molecule has 2 amide bonds. The van der Waals surface area contributed by atoms with Gasteiger partial charge >= 0.3 is 0 Å². The molecule has 0 aliphatic carbocycles. The zero-order chi connectivity index (χ0) is 23.9. The number of rotatable bonds is 10. The molecule has 34 heavy (non-hydrogen) atoms.